The fraction of sp³-hybridized carbons (Fsp3) is 0.455. The number of fused-ring (bicyclic) bond motifs is 7. The molecule has 31 heteroatoms. The second-order valence-electron chi connectivity index (χ2n) is 34.0. The van der Waals surface area contributed by atoms with Gasteiger partial charge < -0.3 is 55.2 Å². The standard InChI is InChI=1S/C30H36FN8O2.C29H33FN8O2.C29H36FN8/c1-19-13-21(14-23-27(19)35-25-5-4-8-30(2,3)39(23)25)28-22(31)16-33-29(36-28)34-24-7-6-20(15-32-24)17-37-9-11-38(12-10-37)26(41)18-40;1-18-13-19(14-22-26(18)34-24-5-4-8-29(2,3)38(22)24)27-21(30)16-32-28(35-27)33-23-7-6-20(15-31-23)36-9-11-37(12-10-36)25(40)17-39;1-5-36-11-13-37(14-12-36)21-8-9-24(31-17-21)33-28-32-18-22(30)27(35-28)20-15-19(2)26-23(16-20)38-25(34-26)7-6-10-29(38,3)4/h6-7,13-16,25,40H,4-5,8-12,17-18H2,1-3H3,(H,32,33,34,36);6-7,13-16,39H,4-5,8-12,17H2,1-3H3,(H,31,32,33,35);8-9,15-18,25H,5-7,10-14H2,1-4H3,(H,31,32,33,35)/q+1;;+1. The number of carbonyl (C=O) groups excluding carboxylic acids is 2. The van der Waals surface area contributed by atoms with Crippen LogP contribution in [0.3, 0.4) is 0 Å². The highest BCUT2D eigenvalue weighted by atomic mass is 19.1. The van der Waals surface area contributed by atoms with Crippen molar-refractivity contribution in [2.24, 2.45) is 9.98 Å². The molecule has 0 saturated carbocycles. The molecule has 0 radical (unpaired) electrons. The molecule has 8 aliphatic heterocycles. The van der Waals surface area contributed by atoms with Crippen LogP contribution in [0.5, 0.6) is 0 Å². The number of nitrogens with zero attached hydrogens (tertiary/aromatic N) is 21. The molecule has 0 spiro atoms. The second kappa shape index (κ2) is 33.8. The molecule has 0 aliphatic carbocycles. The van der Waals surface area contributed by atoms with E-state index in [1.807, 2.05) is 93.7 Å². The van der Waals surface area contributed by atoms with Crippen LogP contribution in [0.4, 0.5) is 59.8 Å². The Hall–Kier alpha value is -11.4. The molecule has 5 saturated heterocycles. The van der Waals surface area contributed by atoms with Gasteiger partial charge in [-0.25, -0.2) is 82.1 Å². The van der Waals surface area contributed by atoms with Gasteiger partial charge in [-0.2, -0.15) is 0 Å². The summed E-state index contributed by atoms with van der Waals surface area (Å²) >= 11 is 0. The Labute approximate surface area is 689 Å². The number of likely N-dealkylation sites (N-methyl/N-ethyl adjacent to an activating group) is 1. The van der Waals surface area contributed by atoms with E-state index < -0.39 is 30.7 Å². The normalized spacial score (nSPS) is 19.1. The van der Waals surface area contributed by atoms with Crippen molar-refractivity contribution in [1.29, 1.82) is 0 Å². The Morgan fingerprint density at radius 2 is 0.916 bits per heavy atom. The number of anilines is 8. The van der Waals surface area contributed by atoms with E-state index in [1.165, 1.54) is 18.6 Å². The molecule has 2 atom stereocenters. The van der Waals surface area contributed by atoms with Crippen LogP contribution in [-0.4, -0.2) is 218 Å². The van der Waals surface area contributed by atoms with Crippen molar-refractivity contribution in [2.75, 3.05) is 124 Å². The van der Waals surface area contributed by atoms with Gasteiger partial charge in [0.15, 0.2) is 28.5 Å². The van der Waals surface area contributed by atoms with Gasteiger partial charge in [0.25, 0.3) is 0 Å². The predicted octanol–water partition coefficient (Wildman–Crippen LogP) is 8.86. The molecular weight excluding hydrogens is 1510 g/mol. The van der Waals surface area contributed by atoms with E-state index in [-0.39, 0.29) is 69.7 Å². The first-order valence-electron chi connectivity index (χ1n) is 41.6. The van der Waals surface area contributed by atoms with Crippen LogP contribution in [0.2, 0.25) is 0 Å². The lowest BCUT2D eigenvalue weighted by Crippen LogP contribution is -2.53. The lowest BCUT2D eigenvalue weighted by atomic mass is 9.90. The topological polar surface area (TPSA) is 295 Å². The molecule has 0 bridgehead atoms. The summed E-state index contributed by atoms with van der Waals surface area (Å²) in [5.74, 6) is 1.73. The fourth-order valence-corrected chi connectivity index (χ4v) is 18.2. The van der Waals surface area contributed by atoms with E-state index >= 15 is 13.2 Å². The van der Waals surface area contributed by atoms with Crippen LogP contribution in [0.15, 0.2) is 120 Å². The molecule has 5 fully saturated rings. The van der Waals surface area contributed by atoms with Crippen molar-refractivity contribution in [3.63, 3.8) is 0 Å². The molecule has 119 heavy (non-hydrogen) atoms. The van der Waals surface area contributed by atoms with E-state index in [0.717, 1.165) is 181 Å². The van der Waals surface area contributed by atoms with E-state index in [9.17, 15) is 9.59 Å². The highest BCUT2D eigenvalue weighted by molar-refractivity contribution is 5.86. The van der Waals surface area contributed by atoms with Crippen molar-refractivity contribution < 1.29 is 33.0 Å². The highest BCUT2D eigenvalue weighted by Crippen LogP contribution is 2.39. The number of piperazine rings is 3. The summed E-state index contributed by atoms with van der Waals surface area (Å²) in [6, 6.07) is 23.5. The van der Waals surface area contributed by atoms with Gasteiger partial charge in [0.05, 0.1) is 53.4 Å². The zero-order valence-electron chi connectivity index (χ0n) is 69.5. The molecule has 3 aromatic carbocycles. The first-order chi connectivity index (χ1) is 57.3. The summed E-state index contributed by atoms with van der Waals surface area (Å²) in [4.78, 5) is 90.6. The Kier molecular flexibility index (Phi) is 23.1. The summed E-state index contributed by atoms with van der Waals surface area (Å²) < 4.78 is 52.3. The van der Waals surface area contributed by atoms with Crippen LogP contribution in [0.1, 0.15) is 128 Å². The molecule has 15 heterocycles. The maximum atomic E-state index is 15.1. The van der Waals surface area contributed by atoms with Crippen molar-refractivity contribution in [3.05, 3.63) is 177 Å². The third-order valence-corrected chi connectivity index (χ3v) is 24.5. The number of aromatic nitrogens is 11. The number of rotatable bonds is 16. The summed E-state index contributed by atoms with van der Waals surface area (Å²) in [5, 5.41) is 31.6. The number of amides is 2. The van der Waals surface area contributed by atoms with E-state index in [4.69, 9.17) is 25.2 Å². The zero-order chi connectivity index (χ0) is 83.2. The number of piperidine rings is 2. The number of hydrogen-bond donors (Lipinski definition) is 5. The maximum Gasteiger partial charge on any atom is 0.248 e. The largest absolute Gasteiger partial charge is 0.387 e. The van der Waals surface area contributed by atoms with Gasteiger partial charge in [-0.05, 0) is 144 Å². The molecular formula is C88H105F3N24O4+2. The van der Waals surface area contributed by atoms with Crippen LogP contribution in [-0.2, 0) is 28.1 Å². The average molecular weight is 1620 g/mol. The van der Waals surface area contributed by atoms with E-state index in [1.54, 1.807) is 22.2 Å². The quantitative estimate of drug-likeness (QED) is 0.0564. The number of halogens is 3. The van der Waals surface area contributed by atoms with Crippen molar-refractivity contribution in [3.8, 4) is 33.8 Å². The van der Waals surface area contributed by atoms with Gasteiger partial charge in [-0.15, -0.1) is 0 Å². The minimum atomic E-state index is -0.496. The van der Waals surface area contributed by atoms with Gasteiger partial charge in [0.1, 0.15) is 64.3 Å². The molecule has 5 N–H and O–H groups in total. The monoisotopic (exact) mass is 1620 g/mol. The molecule has 7 aromatic heterocycles. The number of aliphatic hydroxyl groups excluding tert-OH is 2. The number of benzene rings is 3. The third-order valence-electron chi connectivity index (χ3n) is 24.5. The highest BCUT2D eigenvalue weighted by Gasteiger charge is 2.45. The molecule has 28 nitrogen and oxygen atoms in total. The number of nitrogens with one attached hydrogen (secondary N) is 3. The van der Waals surface area contributed by atoms with Crippen molar-refractivity contribution >= 4 is 69.5 Å². The van der Waals surface area contributed by atoms with Crippen molar-refractivity contribution in [1.82, 2.24) is 83.2 Å². The molecule has 2 amide bonds. The SMILES string of the molecule is CCN1CCN(c2ccc(Nc3ncc(F)c(-c4cc(C)c5c(c4)=[N+]4C(CCCC4(C)C)N=5)n3)nc2)CC1.Cc1cc(-c2nc(Nc3ccc(CN4CCN(C(=O)CO)CC4)cn3)ncc2F)cc2c1=NC1CCCC(C)(C)[N+]=21.Cc1cc(-c2nc(Nc3ccc(N4CCN(C(=O)CO)CC4)cn3)ncc2F)cc2c1nc1n2C(C)(C)CCC1. The average Bonchev–Trinajstić information content (AvgIpc) is 1.60. The van der Waals surface area contributed by atoms with Crippen molar-refractivity contribution in [2.45, 2.75) is 163 Å². The number of imidazole rings is 1. The van der Waals surface area contributed by atoms with Crippen LogP contribution < -0.4 is 56.3 Å². The fourth-order valence-electron chi connectivity index (χ4n) is 18.2. The lowest BCUT2D eigenvalue weighted by Gasteiger charge is -2.35. The van der Waals surface area contributed by atoms with Crippen LogP contribution in [0.25, 0.3) is 44.8 Å². The summed E-state index contributed by atoms with van der Waals surface area (Å²) in [7, 11) is 0. The minimum absolute atomic E-state index is 0.00107. The van der Waals surface area contributed by atoms with Gasteiger partial charge in [0.2, 0.25) is 52.7 Å². The third kappa shape index (κ3) is 17.2. The predicted molar refractivity (Wildman–Crippen MR) is 451 cm³/mol. The number of carbonyl (C=O) groups is 2. The number of pyridine rings is 3. The summed E-state index contributed by atoms with van der Waals surface area (Å²) in [5.41, 5.74) is 10.8. The van der Waals surface area contributed by atoms with Crippen LogP contribution in [0, 0.1) is 38.2 Å². The van der Waals surface area contributed by atoms with Gasteiger partial charge in [0, 0.05) is 185 Å². The molecule has 18 rings (SSSR count). The zero-order valence-corrected chi connectivity index (χ0v) is 69.5. The number of aryl methyl sites for hydroxylation is 4. The van der Waals surface area contributed by atoms with E-state index in [2.05, 4.69) is 149 Å². The first-order valence-corrected chi connectivity index (χ1v) is 41.6. The van der Waals surface area contributed by atoms with E-state index in [0.29, 0.717) is 80.3 Å². The molecule has 620 valence electrons. The summed E-state index contributed by atoms with van der Waals surface area (Å²) in [6.07, 6.45) is 19.0. The second-order valence-corrected chi connectivity index (χ2v) is 34.0. The maximum absolute atomic E-state index is 15.1. The van der Waals surface area contributed by atoms with Crippen LogP contribution >= 0.6 is 0 Å². The number of aliphatic hydroxyl groups is 2. The van der Waals surface area contributed by atoms with Gasteiger partial charge in [-0.1, -0.05) is 13.0 Å². The lowest BCUT2D eigenvalue weighted by molar-refractivity contribution is -0.136. The Morgan fingerprint density at radius 3 is 1.35 bits per heavy atom. The first kappa shape index (κ1) is 81.3. The Balaban J connectivity index is 0.000000133. The molecule has 2 unspecified atom stereocenters. The van der Waals surface area contributed by atoms with Gasteiger partial charge in [-0.3, -0.25) is 14.5 Å². The molecule has 8 aliphatic rings. The molecule has 10 aromatic rings. The number of hydrogen-bond acceptors (Lipinski definition) is 23. The Morgan fingerprint density at radius 1 is 0.487 bits per heavy atom. The summed E-state index contributed by atoms with van der Waals surface area (Å²) in [6.45, 7) is 31.9. The smallest absolute Gasteiger partial charge is 0.248 e. The minimum Gasteiger partial charge on any atom is -0.387 e. The van der Waals surface area contributed by atoms with Gasteiger partial charge >= 0.3 is 0 Å². The Bertz CT molecular complexity index is 5770.